The van der Waals surface area contributed by atoms with Gasteiger partial charge in [0.05, 0.1) is 11.0 Å². The van der Waals surface area contributed by atoms with Crippen molar-refractivity contribution in [3.63, 3.8) is 0 Å². The van der Waals surface area contributed by atoms with Crippen LogP contribution in [0.15, 0.2) is 75.1 Å². The van der Waals surface area contributed by atoms with Gasteiger partial charge >= 0.3 is 0 Å². The molecule has 0 saturated heterocycles. The minimum atomic E-state index is -3.99. The number of thiophene rings is 1. The summed E-state index contributed by atoms with van der Waals surface area (Å²) in [5.41, 5.74) is 0.290. The van der Waals surface area contributed by atoms with Gasteiger partial charge in [0.1, 0.15) is 21.0 Å². The molecule has 0 bridgehead atoms. The van der Waals surface area contributed by atoms with Crippen molar-refractivity contribution in [3.8, 4) is 5.75 Å². The number of sulfonamides is 1. The molecule has 0 aliphatic carbocycles. The van der Waals surface area contributed by atoms with Crippen LogP contribution >= 0.6 is 11.3 Å². The van der Waals surface area contributed by atoms with E-state index < -0.39 is 37.5 Å². The number of hydrogen-bond donors (Lipinski definition) is 1. The molecule has 0 radical (unpaired) electrons. The molecule has 10 heteroatoms. The molecule has 166 valence electrons. The van der Waals surface area contributed by atoms with Crippen LogP contribution in [-0.4, -0.2) is 29.5 Å². The van der Waals surface area contributed by atoms with Crippen molar-refractivity contribution < 1.29 is 26.0 Å². The first-order valence-electron chi connectivity index (χ1n) is 9.39. The highest BCUT2D eigenvalue weighted by atomic mass is 32.2. The molecule has 0 fully saturated rings. The predicted octanol–water partition coefficient (Wildman–Crippen LogP) is 4.17. The molecule has 2 aromatic carbocycles. The molecule has 1 atom stereocenters. The minimum absolute atomic E-state index is 0.0185. The minimum Gasteiger partial charge on any atom is -0.491 e. The summed E-state index contributed by atoms with van der Waals surface area (Å²) in [4.78, 5) is -0.0185. The summed E-state index contributed by atoms with van der Waals surface area (Å²) in [5, 5.41) is 0.407. The molecule has 3 aromatic rings. The van der Waals surface area contributed by atoms with Crippen molar-refractivity contribution in [1.82, 2.24) is 4.72 Å². The number of ether oxygens (including phenoxy) is 1. The Kier molecular flexibility index (Phi) is 7.15. The fourth-order valence-corrected chi connectivity index (χ4v) is 6.91. The zero-order valence-electron chi connectivity index (χ0n) is 16.9. The average Bonchev–Trinajstić information content (AvgIpc) is 3.25. The molecule has 0 spiro atoms. The third kappa shape index (κ3) is 5.70. The quantitative estimate of drug-likeness (QED) is 0.493. The van der Waals surface area contributed by atoms with E-state index in [9.17, 15) is 21.2 Å². The number of nitrogens with one attached hydrogen (secondary N) is 1. The Bertz CT molecular complexity index is 1210. The van der Waals surface area contributed by atoms with Crippen LogP contribution in [0.1, 0.15) is 24.7 Å². The maximum absolute atomic E-state index is 13.4. The molecule has 0 aliphatic rings. The van der Waals surface area contributed by atoms with Crippen molar-refractivity contribution in [2.24, 2.45) is 0 Å². The molecular formula is C21H22FNO5S3. The van der Waals surface area contributed by atoms with E-state index in [4.69, 9.17) is 4.74 Å². The van der Waals surface area contributed by atoms with Crippen LogP contribution in [0.25, 0.3) is 0 Å². The highest BCUT2D eigenvalue weighted by Crippen LogP contribution is 2.31. The van der Waals surface area contributed by atoms with Gasteiger partial charge in [-0.05, 0) is 67.3 Å². The van der Waals surface area contributed by atoms with Gasteiger partial charge in [0.25, 0.3) is 0 Å². The van der Waals surface area contributed by atoms with Crippen LogP contribution in [0.5, 0.6) is 5.75 Å². The zero-order chi connectivity index (χ0) is 22.6. The van der Waals surface area contributed by atoms with E-state index in [1.807, 2.05) is 13.8 Å². The average molecular weight is 484 g/mol. The van der Waals surface area contributed by atoms with E-state index in [1.54, 1.807) is 11.4 Å². The lowest BCUT2D eigenvalue weighted by atomic mass is 10.1. The smallest absolute Gasteiger partial charge is 0.240 e. The third-order valence-corrected chi connectivity index (χ3v) is 9.33. The Morgan fingerprint density at radius 1 is 0.968 bits per heavy atom. The molecule has 0 aliphatic heterocycles. The van der Waals surface area contributed by atoms with E-state index >= 15 is 0 Å². The number of hydrogen-bond acceptors (Lipinski definition) is 6. The Balaban J connectivity index is 1.87. The van der Waals surface area contributed by atoms with Gasteiger partial charge in [0.2, 0.25) is 10.0 Å². The second-order valence-corrected chi connectivity index (χ2v) is 12.1. The summed E-state index contributed by atoms with van der Waals surface area (Å²) in [5.74, 6) is 0.0127. The molecular weight excluding hydrogens is 461 g/mol. The van der Waals surface area contributed by atoms with Gasteiger partial charge in [-0.15, -0.1) is 11.3 Å². The zero-order valence-corrected chi connectivity index (χ0v) is 19.3. The van der Waals surface area contributed by atoms with Crippen LogP contribution in [-0.2, 0) is 19.9 Å². The number of halogens is 1. The van der Waals surface area contributed by atoms with E-state index in [-0.39, 0.29) is 20.8 Å². The van der Waals surface area contributed by atoms with E-state index in [0.717, 1.165) is 23.5 Å². The van der Waals surface area contributed by atoms with Gasteiger partial charge in [-0.2, -0.15) is 0 Å². The summed E-state index contributed by atoms with van der Waals surface area (Å²) in [6, 6.07) is 13.9. The van der Waals surface area contributed by atoms with Crippen LogP contribution < -0.4 is 9.46 Å². The molecule has 3 rings (SSSR count). The molecule has 1 N–H and O–H groups in total. The second kappa shape index (κ2) is 9.47. The van der Waals surface area contributed by atoms with E-state index in [0.29, 0.717) is 5.75 Å². The number of rotatable bonds is 9. The maximum Gasteiger partial charge on any atom is 0.240 e. The highest BCUT2D eigenvalue weighted by molar-refractivity contribution is 7.93. The van der Waals surface area contributed by atoms with Gasteiger partial charge in [-0.3, -0.25) is 0 Å². The first-order chi connectivity index (χ1) is 14.6. The number of sulfone groups is 1. The lowest BCUT2D eigenvalue weighted by molar-refractivity contribution is 0.242. The Morgan fingerprint density at radius 3 is 2.16 bits per heavy atom. The predicted molar refractivity (Wildman–Crippen MR) is 118 cm³/mol. The van der Waals surface area contributed by atoms with Crippen LogP contribution in [0.2, 0.25) is 0 Å². The largest absolute Gasteiger partial charge is 0.491 e. The van der Waals surface area contributed by atoms with Gasteiger partial charge in [-0.1, -0.05) is 18.2 Å². The molecule has 0 saturated carbocycles. The molecule has 0 unspecified atom stereocenters. The van der Waals surface area contributed by atoms with Gasteiger partial charge < -0.3 is 4.74 Å². The Labute approximate surface area is 185 Å². The Morgan fingerprint density at radius 2 is 1.61 bits per heavy atom. The van der Waals surface area contributed by atoms with Crippen molar-refractivity contribution >= 4 is 31.2 Å². The lowest BCUT2D eigenvalue weighted by Crippen LogP contribution is -2.31. The van der Waals surface area contributed by atoms with Crippen LogP contribution in [0.4, 0.5) is 4.39 Å². The third-order valence-electron chi connectivity index (χ3n) is 4.36. The summed E-state index contributed by atoms with van der Waals surface area (Å²) >= 11 is 1.04. The van der Waals surface area contributed by atoms with Gasteiger partial charge in [0, 0.05) is 6.54 Å². The molecule has 1 aromatic heterocycles. The standard InChI is InChI=1S/C21H22FNO5S3/c1-15(2)28-18-9-11-19(12-10-18)31(26,27)23-14-20(16-5-7-17(22)8-6-16)30(24,25)21-4-3-13-29-21/h3-13,15,20,23H,14H2,1-2H3/t20-/m0/s1. The SMILES string of the molecule is CC(C)Oc1ccc(S(=O)(=O)NC[C@@H](c2ccc(F)cc2)S(=O)(=O)c2cccs2)cc1. The molecule has 31 heavy (non-hydrogen) atoms. The van der Waals surface area contributed by atoms with Crippen molar-refractivity contribution in [2.45, 2.75) is 34.3 Å². The van der Waals surface area contributed by atoms with Crippen molar-refractivity contribution in [2.75, 3.05) is 6.54 Å². The number of benzene rings is 2. The Hall–Kier alpha value is -2.27. The fourth-order valence-electron chi connectivity index (χ4n) is 2.89. The highest BCUT2D eigenvalue weighted by Gasteiger charge is 2.31. The monoisotopic (exact) mass is 483 g/mol. The normalized spacial score (nSPS) is 13.3. The lowest BCUT2D eigenvalue weighted by Gasteiger charge is -2.18. The summed E-state index contributed by atoms with van der Waals surface area (Å²) in [6.07, 6.45) is -0.0560. The first kappa shape index (κ1) is 23.4. The van der Waals surface area contributed by atoms with E-state index in [1.165, 1.54) is 42.5 Å². The van der Waals surface area contributed by atoms with Gasteiger partial charge in [0.15, 0.2) is 9.84 Å². The fraction of sp³-hybridized carbons (Fsp3) is 0.238. The molecule has 0 amide bonds. The summed E-state index contributed by atoms with van der Waals surface area (Å²) < 4.78 is 73.2. The van der Waals surface area contributed by atoms with Crippen LogP contribution in [0, 0.1) is 5.82 Å². The first-order valence-corrected chi connectivity index (χ1v) is 13.3. The summed E-state index contributed by atoms with van der Waals surface area (Å²) in [6.45, 7) is 3.31. The van der Waals surface area contributed by atoms with Crippen LogP contribution in [0.3, 0.4) is 0 Å². The van der Waals surface area contributed by atoms with E-state index in [2.05, 4.69) is 4.72 Å². The topological polar surface area (TPSA) is 89.5 Å². The molecule has 1 heterocycles. The molecule has 6 nitrogen and oxygen atoms in total. The van der Waals surface area contributed by atoms with Crippen molar-refractivity contribution in [3.05, 3.63) is 77.4 Å². The second-order valence-electron chi connectivity index (χ2n) is 7.01. The van der Waals surface area contributed by atoms with Crippen molar-refractivity contribution in [1.29, 1.82) is 0 Å². The van der Waals surface area contributed by atoms with Gasteiger partial charge in [-0.25, -0.2) is 25.9 Å². The summed E-state index contributed by atoms with van der Waals surface area (Å²) in [7, 11) is -7.89. The maximum atomic E-state index is 13.4.